The maximum atomic E-state index is 6.12. The molecule has 8 heteroatoms. The molecule has 0 saturated carbocycles. The Morgan fingerprint density at radius 1 is 1.14 bits per heavy atom. The van der Waals surface area contributed by atoms with E-state index in [9.17, 15) is 0 Å². The molecule has 0 radical (unpaired) electrons. The Balaban J connectivity index is 1.59. The Labute approximate surface area is 137 Å². The fourth-order valence-corrected chi connectivity index (χ4v) is 2.51. The van der Waals surface area contributed by atoms with Gasteiger partial charge in [0.1, 0.15) is 0 Å². The van der Waals surface area contributed by atoms with Crippen molar-refractivity contribution in [1.82, 2.24) is 25.3 Å². The van der Waals surface area contributed by atoms with Crippen LogP contribution in [0.4, 0.5) is 0 Å². The minimum absolute atomic E-state index is 0.319. The van der Waals surface area contributed by atoms with Gasteiger partial charge < -0.3 is 9.73 Å². The highest BCUT2D eigenvalue weighted by Gasteiger charge is 2.15. The third-order valence-electron chi connectivity index (χ3n) is 3.00. The van der Waals surface area contributed by atoms with Gasteiger partial charge in [-0.05, 0) is 18.2 Å². The molecule has 3 aromatic rings. The molecule has 0 saturated heterocycles. The third-order valence-corrected chi connectivity index (χ3v) is 3.63. The number of nitrogens with zero attached hydrogens (tertiary/aromatic N) is 4. The monoisotopic (exact) mass is 337 g/mol. The quantitative estimate of drug-likeness (QED) is 0.700. The Bertz CT molecular complexity index is 721. The minimum Gasteiger partial charge on any atom is -0.419 e. The van der Waals surface area contributed by atoms with E-state index in [0.717, 1.165) is 13.1 Å². The number of hydrogen-bond donors (Lipinski definition) is 1. The molecule has 0 unspecified atom stereocenters. The first-order valence-electron chi connectivity index (χ1n) is 6.69. The molecule has 2 aromatic heterocycles. The van der Waals surface area contributed by atoms with Gasteiger partial charge in [-0.1, -0.05) is 29.3 Å². The van der Waals surface area contributed by atoms with Crippen LogP contribution in [0.2, 0.25) is 10.0 Å². The van der Waals surface area contributed by atoms with Crippen molar-refractivity contribution in [2.75, 3.05) is 6.54 Å². The molecule has 114 valence electrons. The van der Waals surface area contributed by atoms with Crippen molar-refractivity contribution in [3.05, 3.63) is 52.6 Å². The fourth-order valence-electron chi connectivity index (χ4n) is 1.95. The van der Waals surface area contributed by atoms with Gasteiger partial charge in [0.15, 0.2) is 0 Å². The first-order valence-corrected chi connectivity index (χ1v) is 7.44. The van der Waals surface area contributed by atoms with E-state index in [0.29, 0.717) is 33.9 Å². The van der Waals surface area contributed by atoms with E-state index < -0.39 is 0 Å². The topological polar surface area (TPSA) is 68.8 Å². The normalized spacial score (nSPS) is 11.0. The van der Waals surface area contributed by atoms with Crippen LogP contribution in [0.15, 0.2) is 41.1 Å². The second-order valence-corrected chi connectivity index (χ2v) is 5.36. The first kappa shape index (κ1) is 15.0. The van der Waals surface area contributed by atoms with Crippen LogP contribution in [0.25, 0.3) is 11.5 Å². The molecule has 0 aliphatic heterocycles. The van der Waals surface area contributed by atoms with Gasteiger partial charge in [-0.15, -0.1) is 10.2 Å². The molecule has 0 aliphatic rings. The molecule has 3 rings (SSSR count). The molecule has 0 amide bonds. The summed E-state index contributed by atoms with van der Waals surface area (Å²) in [6, 6.07) is 7.11. The standard InChI is InChI=1S/C14H13Cl2N5O/c15-10-3-1-4-11(16)13(10)14-20-19-12(22-14)9-17-6-8-21-7-2-5-18-21/h1-5,7,17H,6,8-9H2. The zero-order valence-corrected chi connectivity index (χ0v) is 13.1. The van der Waals surface area contributed by atoms with E-state index in [1.54, 1.807) is 24.4 Å². The van der Waals surface area contributed by atoms with Crippen LogP contribution >= 0.6 is 23.2 Å². The predicted octanol–water partition coefficient (Wildman–Crippen LogP) is 3.03. The molecule has 0 spiro atoms. The highest BCUT2D eigenvalue weighted by molar-refractivity contribution is 6.38. The minimum atomic E-state index is 0.319. The van der Waals surface area contributed by atoms with Crippen molar-refractivity contribution in [2.24, 2.45) is 0 Å². The van der Waals surface area contributed by atoms with Gasteiger partial charge in [0, 0.05) is 18.9 Å². The number of aromatic nitrogens is 4. The Morgan fingerprint density at radius 2 is 1.95 bits per heavy atom. The summed E-state index contributed by atoms with van der Waals surface area (Å²) in [5.74, 6) is 0.797. The van der Waals surface area contributed by atoms with E-state index in [2.05, 4.69) is 20.6 Å². The number of halogens is 2. The summed E-state index contributed by atoms with van der Waals surface area (Å²) in [7, 11) is 0. The second kappa shape index (κ2) is 6.91. The van der Waals surface area contributed by atoms with Gasteiger partial charge in [0.25, 0.3) is 5.89 Å². The van der Waals surface area contributed by atoms with Crippen molar-refractivity contribution in [3.63, 3.8) is 0 Å². The summed E-state index contributed by atoms with van der Waals surface area (Å²) in [5, 5.41) is 16.3. The lowest BCUT2D eigenvalue weighted by Gasteiger charge is -2.02. The van der Waals surface area contributed by atoms with Gasteiger partial charge in [-0.3, -0.25) is 4.68 Å². The molecule has 1 N–H and O–H groups in total. The molecular formula is C14H13Cl2N5O. The Kier molecular flexibility index (Phi) is 4.72. The van der Waals surface area contributed by atoms with Crippen LogP contribution in [-0.4, -0.2) is 26.5 Å². The molecular weight excluding hydrogens is 325 g/mol. The average Bonchev–Trinajstić information content (AvgIpc) is 3.15. The van der Waals surface area contributed by atoms with Crippen LogP contribution < -0.4 is 5.32 Å². The van der Waals surface area contributed by atoms with Crippen molar-refractivity contribution < 1.29 is 4.42 Å². The van der Waals surface area contributed by atoms with Gasteiger partial charge in [-0.25, -0.2) is 0 Å². The summed E-state index contributed by atoms with van der Waals surface area (Å²) >= 11 is 12.2. The van der Waals surface area contributed by atoms with Crippen molar-refractivity contribution >= 4 is 23.2 Å². The largest absolute Gasteiger partial charge is 0.419 e. The number of hydrogen-bond acceptors (Lipinski definition) is 5. The maximum absolute atomic E-state index is 6.12. The number of benzene rings is 1. The van der Waals surface area contributed by atoms with Crippen molar-refractivity contribution in [2.45, 2.75) is 13.1 Å². The van der Waals surface area contributed by atoms with Gasteiger partial charge in [0.2, 0.25) is 5.89 Å². The highest BCUT2D eigenvalue weighted by Crippen LogP contribution is 2.33. The van der Waals surface area contributed by atoms with Crippen molar-refractivity contribution in [3.8, 4) is 11.5 Å². The van der Waals surface area contributed by atoms with Gasteiger partial charge >= 0.3 is 0 Å². The summed E-state index contributed by atoms with van der Waals surface area (Å²) in [6.45, 7) is 1.98. The van der Waals surface area contributed by atoms with Gasteiger partial charge in [-0.2, -0.15) is 5.10 Å². The summed E-state index contributed by atoms with van der Waals surface area (Å²) in [5.41, 5.74) is 0.557. The van der Waals surface area contributed by atoms with Crippen LogP contribution in [0, 0.1) is 0 Å². The van der Waals surface area contributed by atoms with E-state index in [-0.39, 0.29) is 0 Å². The van der Waals surface area contributed by atoms with Crippen LogP contribution in [0.5, 0.6) is 0 Å². The zero-order chi connectivity index (χ0) is 15.4. The second-order valence-electron chi connectivity index (χ2n) is 4.54. The zero-order valence-electron chi connectivity index (χ0n) is 11.5. The Hall–Kier alpha value is -1.89. The van der Waals surface area contributed by atoms with Crippen LogP contribution in [0.3, 0.4) is 0 Å². The fraction of sp³-hybridized carbons (Fsp3) is 0.214. The molecule has 0 aliphatic carbocycles. The van der Waals surface area contributed by atoms with E-state index in [4.69, 9.17) is 27.6 Å². The highest BCUT2D eigenvalue weighted by atomic mass is 35.5. The average molecular weight is 338 g/mol. The van der Waals surface area contributed by atoms with Crippen LogP contribution in [0.1, 0.15) is 5.89 Å². The molecule has 2 heterocycles. The lowest BCUT2D eigenvalue weighted by Crippen LogP contribution is -2.19. The molecule has 0 atom stereocenters. The summed E-state index contributed by atoms with van der Waals surface area (Å²) < 4.78 is 7.44. The smallest absolute Gasteiger partial charge is 0.250 e. The number of nitrogens with one attached hydrogen (secondary N) is 1. The lowest BCUT2D eigenvalue weighted by atomic mass is 10.2. The molecule has 1 aromatic carbocycles. The molecule has 0 fully saturated rings. The maximum Gasteiger partial charge on any atom is 0.250 e. The molecule has 6 nitrogen and oxygen atoms in total. The van der Waals surface area contributed by atoms with E-state index in [1.165, 1.54) is 0 Å². The lowest BCUT2D eigenvalue weighted by molar-refractivity contribution is 0.464. The first-order chi connectivity index (χ1) is 10.7. The SMILES string of the molecule is Clc1cccc(Cl)c1-c1nnc(CNCCn2cccn2)o1. The Morgan fingerprint density at radius 3 is 2.68 bits per heavy atom. The van der Waals surface area contributed by atoms with E-state index >= 15 is 0 Å². The van der Waals surface area contributed by atoms with Gasteiger partial charge in [0.05, 0.1) is 28.7 Å². The summed E-state index contributed by atoms with van der Waals surface area (Å²) in [4.78, 5) is 0. The molecule has 22 heavy (non-hydrogen) atoms. The van der Waals surface area contributed by atoms with Crippen LogP contribution in [-0.2, 0) is 13.1 Å². The molecule has 0 bridgehead atoms. The third kappa shape index (κ3) is 3.47. The number of rotatable bonds is 6. The van der Waals surface area contributed by atoms with E-state index in [1.807, 2.05) is 16.9 Å². The predicted molar refractivity (Wildman–Crippen MR) is 83.7 cm³/mol. The van der Waals surface area contributed by atoms with Crippen molar-refractivity contribution in [1.29, 1.82) is 0 Å². The summed E-state index contributed by atoms with van der Waals surface area (Å²) in [6.07, 6.45) is 3.66.